The topological polar surface area (TPSA) is 76.5 Å². The van der Waals surface area contributed by atoms with Gasteiger partial charge in [0.2, 0.25) is 5.88 Å². The monoisotopic (exact) mass is 354 g/mol. The Kier molecular flexibility index (Phi) is 5.20. The quantitative estimate of drug-likeness (QED) is 0.564. The molecule has 0 saturated carbocycles. The van der Waals surface area contributed by atoms with Gasteiger partial charge in [0, 0.05) is 5.02 Å². The number of carbonyl (C=O) groups is 1. The first-order valence-electron chi connectivity index (χ1n) is 7.55. The number of rotatable bonds is 5. The number of halogens is 1. The number of ether oxygens (including phenoxy) is 1. The van der Waals surface area contributed by atoms with Crippen molar-refractivity contribution in [2.24, 2.45) is 5.10 Å². The van der Waals surface area contributed by atoms with Crippen LogP contribution in [0.5, 0.6) is 5.88 Å². The first kappa shape index (κ1) is 16.9. The van der Waals surface area contributed by atoms with Crippen molar-refractivity contribution in [1.29, 1.82) is 0 Å². The van der Waals surface area contributed by atoms with Crippen molar-refractivity contribution in [1.82, 2.24) is 15.4 Å². The van der Waals surface area contributed by atoms with Gasteiger partial charge in [-0.15, -0.1) is 0 Å². The second kappa shape index (κ2) is 7.72. The summed E-state index contributed by atoms with van der Waals surface area (Å²) < 4.78 is 5.45. The number of aromatic nitrogens is 2. The Bertz CT molecular complexity index is 926. The highest BCUT2D eigenvalue weighted by Gasteiger charge is 2.08. The number of carbonyl (C=O) groups excluding carboxylic acids is 1. The van der Waals surface area contributed by atoms with Crippen molar-refractivity contribution >= 4 is 34.8 Å². The van der Waals surface area contributed by atoms with E-state index in [0.717, 1.165) is 11.1 Å². The zero-order valence-corrected chi connectivity index (χ0v) is 14.2. The Balaban J connectivity index is 1.57. The number of hydrazone groups is 1. The van der Waals surface area contributed by atoms with Crippen molar-refractivity contribution in [3.8, 4) is 5.88 Å². The van der Waals surface area contributed by atoms with Crippen LogP contribution in [0.3, 0.4) is 0 Å². The van der Waals surface area contributed by atoms with Crippen molar-refractivity contribution in [3.63, 3.8) is 0 Å². The van der Waals surface area contributed by atoms with Gasteiger partial charge in [-0.3, -0.25) is 4.79 Å². The summed E-state index contributed by atoms with van der Waals surface area (Å²) in [7, 11) is 0. The minimum Gasteiger partial charge on any atom is -0.466 e. The summed E-state index contributed by atoms with van der Waals surface area (Å²) in [6.07, 6.45) is 1.52. The van der Waals surface area contributed by atoms with Crippen molar-refractivity contribution in [2.45, 2.75) is 6.92 Å². The van der Waals surface area contributed by atoms with Crippen LogP contribution >= 0.6 is 11.6 Å². The van der Waals surface area contributed by atoms with Gasteiger partial charge in [0.25, 0.3) is 5.91 Å². The second-order valence-electron chi connectivity index (χ2n) is 5.24. The molecule has 25 heavy (non-hydrogen) atoms. The average Bonchev–Trinajstić information content (AvgIpc) is 2.61. The van der Waals surface area contributed by atoms with Gasteiger partial charge in [0.05, 0.1) is 17.2 Å². The summed E-state index contributed by atoms with van der Waals surface area (Å²) in [5, 5.41) is 4.51. The molecule has 1 aromatic heterocycles. The number of hydrogen-bond donors (Lipinski definition) is 1. The molecule has 1 amide bonds. The third-order valence-corrected chi connectivity index (χ3v) is 3.57. The van der Waals surface area contributed by atoms with E-state index >= 15 is 0 Å². The van der Waals surface area contributed by atoms with Crippen LogP contribution in [0.25, 0.3) is 11.0 Å². The highest BCUT2D eigenvalue weighted by molar-refractivity contribution is 6.30. The molecule has 0 spiro atoms. The molecule has 0 aliphatic rings. The molecule has 3 aromatic rings. The van der Waals surface area contributed by atoms with Gasteiger partial charge in [0.15, 0.2) is 6.61 Å². The largest absolute Gasteiger partial charge is 0.466 e. The van der Waals surface area contributed by atoms with E-state index in [-0.39, 0.29) is 12.5 Å². The Hall–Kier alpha value is -2.99. The highest BCUT2D eigenvalue weighted by atomic mass is 35.5. The first-order chi connectivity index (χ1) is 12.1. The van der Waals surface area contributed by atoms with E-state index in [4.69, 9.17) is 16.3 Å². The van der Waals surface area contributed by atoms with Crippen molar-refractivity contribution < 1.29 is 9.53 Å². The van der Waals surface area contributed by atoms with Gasteiger partial charge in [-0.25, -0.2) is 15.4 Å². The summed E-state index contributed by atoms with van der Waals surface area (Å²) in [6.45, 7) is 1.58. The van der Waals surface area contributed by atoms with E-state index in [1.165, 1.54) is 6.21 Å². The lowest BCUT2D eigenvalue weighted by Crippen LogP contribution is -2.25. The van der Waals surface area contributed by atoms with Gasteiger partial charge in [0.1, 0.15) is 5.69 Å². The molecule has 7 heteroatoms. The molecular formula is C18H15ClN4O2. The zero-order valence-electron chi connectivity index (χ0n) is 13.4. The molecule has 0 radical (unpaired) electrons. The molecule has 0 unspecified atom stereocenters. The van der Waals surface area contributed by atoms with Gasteiger partial charge in [-0.05, 0) is 36.8 Å². The average molecular weight is 355 g/mol. The Morgan fingerprint density at radius 3 is 2.56 bits per heavy atom. The number of fused-ring (bicyclic) bond motifs is 1. The van der Waals surface area contributed by atoms with Crippen LogP contribution in [0.1, 0.15) is 11.3 Å². The van der Waals surface area contributed by atoms with Gasteiger partial charge in [-0.2, -0.15) is 5.10 Å². The summed E-state index contributed by atoms with van der Waals surface area (Å²) in [4.78, 5) is 20.6. The maximum Gasteiger partial charge on any atom is 0.278 e. The number of hydrogen-bond acceptors (Lipinski definition) is 5. The molecule has 1 N–H and O–H groups in total. The number of nitrogens with zero attached hydrogens (tertiary/aromatic N) is 3. The minimum absolute atomic E-state index is 0.203. The van der Waals surface area contributed by atoms with Crippen LogP contribution in [-0.2, 0) is 4.79 Å². The smallest absolute Gasteiger partial charge is 0.278 e. The van der Waals surface area contributed by atoms with E-state index < -0.39 is 0 Å². The number of aryl methyl sites for hydroxylation is 1. The van der Waals surface area contributed by atoms with Crippen LogP contribution in [0.2, 0.25) is 5.02 Å². The van der Waals surface area contributed by atoms with Crippen LogP contribution in [0, 0.1) is 6.92 Å². The summed E-state index contributed by atoms with van der Waals surface area (Å²) in [5.74, 6) is -0.0601. The lowest BCUT2D eigenvalue weighted by Gasteiger charge is -2.07. The van der Waals surface area contributed by atoms with E-state index in [1.54, 1.807) is 31.2 Å². The fourth-order valence-corrected chi connectivity index (χ4v) is 2.23. The third kappa shape index (κ3) is 4.51. The number of benzene rings is 2. The van der Waals surface area contributed by atoms with Gasteiger partial charge >= 0.3 is 0 Å². The van der Waals surface area contributed by atoms with Crippen LogP contribution in [-0.4, -0.2) is 28.7 Å². The van der Waals surface area contributed by atoms with Gasteiger partial charge < -0.3 is 4.74 Å². The summed E-state index contributed by atoms with van der Waals surface area (Å²) >= 11 is 5.80. The SMILES string of the molecule is Cc1nc2ccccc2nc1OCC(=O)N/N=C/c1ccc(Cl)cc1. The predicted octanol–water partition coefficient (Wildman–Crippen LogP) is 3.12. The molecule has 0 aliphatic carbocycles. The van der Waals surface area contributed by atoms with Crippen LogP contribution < -0.4 is 10.2 Å². The number of nitrogens with one attached hydrogen (secondary N) is 1. The second-order valence-corrected chi connectivity index (χ2v) is 5.67. The molecule has 2 aromatic carbocycles. The zero-order chi connectivity index (χ0) is 17.6. The summed E-state index contributed by atoms with van der Waals surface area (Å²) in [5.41, 5.74) is 5.33. The van der Waals surface area contributed by atoms with E-state index in [2.05, 4.69) is 20.5 Å². The number of para-hydroxylation sites is 2. The van der Waals surface area contributed by atoms with Crippen LogP contribution in [0.15, 0.2) is 53.6 Å². The highest BCUT2D eigenvalue weighted by Crippen LogP contribution is 2.17. The molecule has 3 rings (SSSR count). The lowest BCUT2D eigenvalue weighted by atomic mass is 10.2. The summed E-state index contributed by atoms with van der Waals surface area (Å²) in [6, 6.07) is 14.6. The third-order valence-electron chi connectivity index (χ3n) is 3.31. The fourth-order valence-electron chi connectivity index (χ4n) is 2.10. The Labute approximate surface area is 149 Å². The molecule has 0 aliphatic heterocycles. The molecular weight excluding hydrogens is 340 g/mol. The predicted molar refractivity (Wildman–Crippen MR) is 97.0 cm³/mol. The molecule has 0 fully saturated rings. The van der Waals surface area contributed by atoms with Crippen molar-refractivity contribution in [3.05, 3.63) is 64.8 Å². The maximum atomic E-state index is 11.8. The molecule has 1 heterocycles. The fraction of sp³-hybridized carbons (Fsp3) is 0.111. The normalized spacial score (nSPS) is 11.0. The minimum atomic E-state index is -0.389. The molecule has 0 atom stereocenters. The van der Waals surface area contributed by atoms with Crippen molar-refractivity contribution in [2.75, 3.05) is 6.61 Å². The van der Waals surface area contributed by atoms with E-state index in [9.17, 15) is 4.79 Å². The van der Waals surface area contributed by atoms with Crippen LogP contribution in [0.4, 0.5) is 0 Å². The Morgan fingerprint density at radius 2 is 1.84 bits per heavy atom. The van der Waals surface area contributed by atoms with E-state index in [1.807, 2.05) is 24.3 Å². The first-order valence-corrected chi connectivity index (χ1v) is 7.93. The lowest BCUT2D eigenvalue weighted by molar-refractivity contribution is -0.123. The molecule has 6 nitrogen and oxygen atoms in total. The number of amides is 1. The van der Waals surface area contributed by atoms with E-state index in [0.29, 0.717) is 22.1 Å². The Morgan fingerprint density at radius 1 is 1.16 bits per heavy atom. The standard InChI is InChI=1S/C18H15ClN4O2/c1-12-18(22-16-5-3-2-4-15(16)21-12)25-11-17(24)23-20-10-13-6-8-14(19)9-7-13/h2-10H,11H2,1H3,(H,23,24)/b20-10+. The molecule has 126 valence electrons. The molecule has 0 bridgehead atoms. The van der Waals surface area contributed by atoms with Gasteiger partial charge in [-0.1, -0.05) is 35.9 Å². The molecule has 0 saturated heterocycles. The maximum absolute atomic E-state index is 11.8.